The maximum absolute atomic E-state index is 11.5. The topological polar surface area (TPSA) is 62.7 Å². The third kappa shape index (κ3) is 2.09. The molecule has 2 heterocycles. The van der Waals surface area contributed by atoms with E-state index in [2.05, 4.69) is 39.8 Å². The SMILES string of the molecule is O=c1[nH]ncn1[C@H]1CC[C@@H](c2ccccc2)NC1. The van der Waals surface area contributed by atoms with Crippen LogP contribution in [0, 0.1) is 0 Å². The van der Waals surface area contributed by atoms with E-state index in [1.807, 2.05) is 6.07 Å². The number of H-pyrrole nitrogens is 1. The zero-order valence-electron chi connectivity index (χ0n) is 10.0. The van der Waals surface area contributed by atoms with E-state index in [1.54, 1.807) is 10.9 Å². The van der Waals surface area contributed by atoms with Gasteiger partial charge in [-0.2, -0.15) is 5.10 Å². The van der Waals surface area contributed by atoms with Gasteiger partial charge < -0.3 is 5.32 Å². The van der Waals surface area contributed by atoms with Crippen LogP contribution in [0.15, 0.2) is 41.5 Å². The van der Waals surface area contributed by atoms with Crippen molar-refractivity contribution in [3.05, 3.63) is 52.7 Å². The van der Waals surface area contributed by atoms with E-state index in [-0.39, 0.29) is 11.7 Å². The largest absolute Gasteiger partial charge is 0.343 e. The van der Waals surface area contributed by atoms with Crippen LogP contribution in [0.3, 0.4) is 0 Å². The number of piperidine rings is 1. The number of nitrogens with one attached hydrogen (secondary N) is 2. The summed E-state index contributed by atoms with van der Waals surface area (Å²) < 4.78 is 1.67. The molecule has 2 atom stereocenters. The highest BCUT2D eigenvalue weighted by Gasteiger charge is 2.23. The Kier molecular flexibility index (Phi) is 2.98. The molecule has 5 heteroatoms. The molecular formula is C13H16N4O. The summed E-state index contributed by atoms with van der Waals surface area (Å²) in [6.07, 6.45) is 3.61. The Morgan fingerprint density at radius 2 is 2.06 bits per heavy atom. The molecule has 1 aromatic heterocycles. The Balaban J connectivity index is 1.69. The maximum atomic E-state index is 11.5. The molecule has 94 valence electrons. The van der Waals surface area contributed by atoms with Crippen molar-refractivity contribution in [2.24, 2.45) is 0 Å². The van der Waals surface area contributed by atoms with Crippen molar-refractivity contribution < 1.29 is 0 Å². The van der Waals surface area contributed by atoms with Gasteiger partial charge in [0, 0.05) is 12.6 Å². The van der Waals surface area contributed by atoms with Crippen LogP contribution < -0.4 is 11.0 Å². The summed E-state index contributed by atoms with van der Waals surface area (Å²) in [7, 11) is 0. The Morgan fingerprint density at radius 1 is 1.22 bits per heavy atom. The van der Waals surface area contributed by atoms with Gasteiger partial charge in [0.2, 0.25) is 0 Å². The molecule has 1 fully saturated rings. The highest BCUT2D eigenvalue weighted by atomic mass is 16.1. The predicted octanol–water partition coefficient (Wildman–Crippen LogP) is 1.24. The molecule has 0 radical (unpaired) electrons. The highest BCUT2D eigenvalue weighted by molar-refractivity contribution is 5.19. The normalized spacial score (nSPS) is 24.0. The van der Waals surface area contributed by atoms with Gasteiger partial charge in [-0.3, -0.25) is 4.57 Å². The van der Waals surface area contributed by atoms with Crippen molar-refractivity contribution in [3.63, 3.8) is 0 Å². The van der Waals surface area contributed by atoms with E-state index in [0.29, 0.717) is 6.04 Å². The lowest BCUT2D eigenvalue weighted by atomic mass is 9.95. The number of rotatable bonds is 2. The lowest BCUT2D eigenvalue weighted by molar-refractivity contribution is 0.308. The Labute approximate surface area is 105 Å². The summed E-state index contributed by atoms with van der Waals surface area (Å²) in [6, 6.07) is 11.0. The van der Waals surface area contributed by atoms with Crippen LogP contribution in [-0.4, -0.2) is 21.3 Å². The lowest BCUT2D eigenvalue weighted by Gasteiger charge is -2.30. The molecule has 2 N–H and O–H groups in total. The second kappa shape index (κ2) is 4.78. The third-order valence-electron chi connectivity index (χ3n) is 3.56. The first-order chi connectivity index (χ1) is 8.84. The molecule has 0 aliphatic carbocycles. The van der Waals surface area contributed by atoms with Crippen LogP contribution in [-0.2, 0) is 0 Å². The van der Waals surface area contributed by atoms with Crippen molar-refractivity contribution in [3.8, 4) is 0 Å². The first-order valence-corrected chi connectivity index (χ1v) is 6.24. The molecule has 5 nitrogen and oxygen atoms in total. The van der Waals surface area contributed by atoms with Crippen molar-refractivity contribution >= 4 is 0 Å². The number of benzene rings is 1. The van der Waals surface area contributed by atoms with E-state index in [4.69, 9.17) is 0 Å². The summed E-state index contributed by atoms with van der Waals surface area (Å²) >= 11 is 0. The number of hydrogen-bond donors (Lipinski definition) is 2. The van der Waals surface area contributed by atoms with Gasteiger partial charge in [0.15, 0.2) is 0 Å². The van der Waals surface area contributed by atoms with Gasteiger partial charge in [-0.1, -0.05) is 30.3 Å². The molecule has 0 saturated carbocycles. The minimum absolute atomic E-state index is 0.125. The Bertz CT molecular complexity index is 552. The fourth-order valence-electron chi connectivity index (χ4n) is 2.57. The summed E-state index contributed by atoms with van der Waals surface area (Å²) in [5.74, 6) is 0. The monoisotopic (exact) mass is 244 g/mol. The van der Waals surface area contributed by atoms with Gasteiger partial charge in [-0.15, -0.1) is 0 Å². The molecule has 1 aliphatic heterocycles. The average Bonchev–Trinajstić information content (AvgIpc) is 2.86. The third-order valence-corrected chi connectivity index (χ3v) is 3.56. The van der Waals surface area contributed by atoms with Crippen LogP contribution >= 0.6 is 0 Å². The quantitative estimate of drug-likeness (QED) is 0.835. The van der Waals surface area contributed by atoms with Crippen LogP contribution in [0.1, 0.15) is 30.5 Å². The van der Waals surface area contributed by atoms with Crippen LogP contribution in [0.2, 0.25) is 0 Å². The van der Waals surface area contributed by atoms with Gasteiger partial charge >= 0.3 is 5.69 Å². The van der Waals surface area contributed by atoms with E-state index >= 15 is 0 Å². The molecule has 1 aliphatic rings. The molecule has 0 bridgehead atoms. The second-order valence-electron chi connectivity index (χ2n) is 4.67. The van der Waals surface area contributed by atoms with Crippen molar-refractivity contribution in [1.29, 1.82) is 0 Å². The molecule has 3 rings (SSSR count). The van der Waals surface area contributed by atoms with Crippen molar-refractivity contribution in [1.82, 2.24) is 20.1 Å². The van der Waals surface area contributed by atoms with E-state index < -0.39 is 0 Å². The predicted molar refractivity (Wildman–Crippen MR) is 68.3 cm³/mol. The van der Waals surface area contributed by atoms with Crippen LogP contribution in [0.5, 0.6) is 0 Å². The summed E-state index contributed by atoms with van der Waals surface area (Å²) in [5.41, 5.74) is 1.19. The molecule has 1 aromatic carbocycles. The highest BCUT2D eigenvalue weighted by Crippen LogP contribution is 2.27. The molecule has 18 heavy (non-hydrogen) atoms. The standard InChI is InChI=1S/C13H16N4O/c18-13-16-15-9-17(13)11-6-7-12(14-8-11)10-4-2-1-3-5-10/h1-5,9,11-12,14H,6-8H2,(H,16,18)/t11-,12-/m0/s1. The smallest absolute Gasteiger partial charge is 0.308 e. The minimum Gasteiger partial charge on any atom is -0.308 e. The van der Waals surface area contributed by atoms with Gasteiger partial charge in [-0.25, -0.2) is 9.89 Å². The van der Waals surface area contributed by atoms with Crippen molar-refractivity contribution in [2.45, 2.75) is 24.9 Å². The first kappa shape index (κ1) is 11.2. The Morgan fingerprint density at radius 3 is 2.67 bits per heavy atom. The molecule has 1 saturated heterocycles. The molecular weight excluding hydrogens is 228 g/mol. The zero-order valence-corrected chi connectivity index (χ0v) is 10.0. The van der Waals surface area contributed by atoms with E-state index in [9.17, 15) is 4.79 Å². The van der Waals surface area contributed by atoms with Crippen LogP contribution in [0.4, 0.5) is 0 Å². The zero-order chi connectivity index (χ0) is 12.4. The number of aromatic nitrogens is 3. The van der Waals surface area contributed by atoms with Crippen LogP contribution in [0.25, 0.3) is 0 Å². The summed E-state index contributed by atoms with van der Waals surface area (Å²) in [5, 5.41) is 9.71. The molecule has 0 spiro atoms. The minimum atomic E-state index is -0.125. The van der Waals surface area contributed by atoms with E-state index in [0.717, 1.165) is 19.4 Å². The Hall–Kier alpha value is -1.88. The maximum Gasteiger partial charge on any atom is 0.343 e. The first-order valence-electron chi connectivity index (χ1n) is 6.24. The fourth-order valence-corrected chi connectivity index (χ4v) is 2.57. The van der Waals surface area contributed by atoms with Gasteiger partial charge in [-0.05, 0) is 18.4 Å². The number of hydrogen-bond acceptors (Lipinski definition) is 3. The molecule has 0 unspecified atom stereocenters. The summed E-state index contributed by atoms with van der Waals surface area (Å²) in [6.45, 7) is 0.805. The second-order valence-corrected chi connectivity index (χ2v) is 4.67. The number of nitrogens with zero attached hydrogens (tertiary/aromatic N) is 2. The summed E-state index contributed by atoms with van der Waals surface area (Å²) in [4.78, 5) is 11.5. The molecule has 0 amide bonds. The van der Waals surface area contributed by atoms with E-state index in [1.165, 1.54) is 5.56 Å². The van der Waals surface area contributed by atoms with Gasteiger partial charge in [0.05, 0.1) is 6.04 Å². The van der Waals surface area contributed by atoms with Gasteiger partial charge in [0.1, 0.15) is 6.33 Å². The average molecular weight is 244 g/mol. The fraction of sp³-hybridized carbons (Fsp3) is 0.385. The van der Waals surface area contributed by atoms with Crippen molar-refractivity contribution in [2.75, 3.05) is 6.54 Å². The lowest BCUT2D eigenvalue weighted by Crippen LogP contribution is -2.37. The van der Waals surface area contributed by atoms with Gasteiger partial charge in [0.25, 0.3) is 0 Å². The molecule has 2 aromatic rings. The number of aromatic amines is 1.